The van der Waals surface area contributed by atoms with Crippen LogP contribution in [0.25, 0.3) is 0 Å². The van der Waals surface area contributed by atoms with Crippen LogP contribution in [0.5, 0.6) is 0 Å². The van der Waals surface area contributed by atoms with Crippen molar-refractivity contribution in [2.45, 2.75) is 38.8 Å². The second-order valence-electron chi connectivity index (χ2n) is 7.56. The lowest BCUT2D eigenvalue weighted by atomic mass is 9.76. The molecule has 2 fully saturated rings. The van der Waals surface area contributed by atoms with E-state index >= 15 is 0 Å². The number of hydrogen-bond donors (Lipinski definition) is 1. The molecule has 7 nitrogen and oxygen atoms in total. The Morgan fingerprint density at radius 1 is 1.19 bits per heavy atom. The maximum Gasteiger partial charge on any atom is 0.326 e. The topological polar surface area (TPSA) is 87.2 Å². The highest BCUT2D eigenvalue weighted by Crippen LogP contribution is 2.43. The third-order valence-corrected chi connectivity index (χ3v) is 5.71. The number of likely N-dealkylation sites (tertiary alicyclic amines) is 2. The molecule has 1 aromatic carbocycles. The van der Waals surface area contributed by atoms with Crippen LogP contribution in [0.2, 0.25) is 0 Å². The van der Waals surface area contributed by atoms with Crippen molar-refractivity contribution < 1.29 is 24.2 Å². The van der Waals surface area contributed by atoms with E-state index < -0.39 is 12.0 Å². The molecule has 1 aromatic rings. The number of carboxylic acid groups (broad SMARTS) is 1. The quantitative estimate of drug-likeness (QED) is 0.844. The van der Waals surface area contributed by atoms with Crippen molar-refractivity contribution in [2.75, 3.05) is 26.2 Å². The summed E-state index contributed by atoms with van der Waals surface area (Å²) in [7, 11) is 0. The first-order valence-corrected chi connectivity index (χ1v) is 9.30. The van der Waals surface area contributed by atoms with Gasteiger partial charge in [-0.15, -0.1) is 0 Å². The number of rotatable bonds is 5. The molecule has 2 saturated heterocycles. The van der Waals surface area contributed by atoms with Gasteiger partial charge in [0, 0.05) is 26.6 Å². The first-order valence-electron chi connectivity index (χ1n) is 9.30. The summed E-state index contributed by atoms with van der Waals surface area (Å²) in [5.74, 6) is -1.20. The first kappa shape index (κ1) is 19.4. The van der Waals surface area contributed by atoms with Crippen molar-refractivity contribution in [1.82, 2.24) is 9.80 Å². The number of aliphatic carboxylic acids is 1. The summed E-state index contributed by atoms with van der Waals surface area (Å²) in [4.78, 5) is 38.9. The van der Waals surface area contributed by atoms with Crippen molar-refractivity contribution in [3.05, 3.63) is 35.9 Å². The predicted octanol–water partition coefficient (Wildman–Crippen LogP) is 1.52. The number of nitrogens with zero attached hydrogens (tertiary/aromatic N) is 2. The van der Waals surface area contributed by atoms with Gasteiger partial charge in [-0.2, -0.15) is 0 Å². The molecule has 2 aliphatic rings. The van der Waals surface area contributed by atoms with Crippen LogP contribution in [-0.2, 0) is 25.7 Å². The summed E-state index contributed by atoms with van der Waals surface area (Å²) in [6, 6.07) is 8.95. The van der Waals surface area contributed by atoms with Crippen molar-refractivity contribution in [3.63, 3.8) is 0 Å². The smallest absolute Gasteiger partial charge is 0.326 e. The molecular weight excluding hydrogens is 348 g/mol. The summed E-state index contributed by atoms with van der Waals surface area (Å²) in [5.41, 5.74) is 0.828. The number of hydrogen-bond acceptors (Lipinski definition) is 4. The average molecular weight is 374 g/mol. The molecule has 0 bridgehead atoms. The first-order chi connectivity index (χ1) is 12.9. The van der Waals surface area contributed by atoms with E-state index in [0.717, 1.165) is 5.56 Å². The van der Waals surface area contributed by atoms with E-state index in [1.807, 2.05) is 30.3 Å². The fourth-order valence-electron chi connectivity index (χ4n) is 4.12. The summed E-state index contributed by atoms with van der Waals surface area (Å²) >= 11 is 0. The molecule has 146 valence electrons. The molecule has 3 rings (SSSR count). The Morgan fingerprint density at radius 2 is 1.85 bits per heavy atom. The Balaban J connectivity index is 1.49. The van der Waals surface area contributed by atoms with Gasteiger partial charge in [-0.1, -0.05) is 30.3 Å². The van der Waals surface area contributed by atoms with Crippen LogP contribution in [-0.4, -0.2) is 65.0 Å². The van der Waals surface area contributed by atoms with Crippen LogP contribution in [0.1, 0.15) is 31.7 Å². The molecule has 0 radical (unpaired) electrons. The molecule has 0 aromatic heterocycles. The van der Waals surface area contributed by atoms with E-state index in [4.69, 9.17) is 4.74 Å². The highest BCUT2D eigenvalue weighted by Gasteiger charge is 2.49. The van der Waals surface area contributed by atoms with E-state index in [1.54, 1.807) is 4.90 Å². The molecule has 27 heavy (non-hydrogen) atoms. The average Bonchev–Trinajstić information content (AvgIpc) is 3.03. The zero-order valence-corrected chi connectivity index (χ0v) is 15.6. The van der Waals surface area contributed by atoms with Crippen LogP contribution in [0.4, 0.5) is 0 Å². The Morgan fingerprint density at radius 3 is 2.41 bits per heavy atom. The number of carbonyl (C=O) groups is 3. The van der Waals surface area contributed by atoms with E-state index in [9.17, 15) is 19.5 Å². The number of benzene rings is 1. The standard InChI is InChI=1S/C20H26N2O5/c1-15(23)22-14-20(11-17(22)19(25)26)7-9-21(10-8-20)18(24)13-27-12-16-5-3-2-4-6-16/h2-6,17H,7-14H2,1H3,(H,25,26)/t17-/m0/s1. The van der Waals surface area contributed by atoms with Crippen LogP contribution >= 0.6 is 0 Å². The van der Waals surface area contributed by atoms with Gasteiger partial charge in [0.2, 0.25) is 11.8 Å². The summed E-state index contributed by atoms with van der Waals surface area (Å²) < 4.78 is 5.53. The lowest BCUT2D eigenvalue weighted by Crippen LogP contribution is -2.45. The van der Waals surface area contributed by atoms with E-state index in [1.165, 1.54) is 11.8 Å². The minimum absolute atomic E-state index is 0.0409. The lowest BCUT2D eigenvalue weighted by molar-refractivity contribution is -0.147. The number of carbonyl (C=O) groups excluding carboxylic acids is 2. The molecule has 1 N–H and O–H groups in total. The third-order valence-electron chi connectivity index (χ3n) is 5.71. The molecule has 1 atom stereocenters. The predicted molar refractivity (Wildman–Crippen MR) is 97.8 cm³/mol. The van der Waals surface area contributed by atoms with Crippen LogP contribution in [0, 0.1) is 5.41 Å². The molecular formula is C20H26N2O5. The molecule has 1 spiro atoms. The Kier molecular flexibility index (Phi) is 5.79. The van der Waals surface area contributed by atoms with Crippen LogP contribution < -0.4 is 0 Å². The molecule has 0 unspecified atom stereocenters. The normalized spacial score (nSPS) is 21.4. The molecule has 2 heterocycles. The number of piperidine rings is 1. The molecule has 0 saturated carbocycles. The highest BCUT2D eigenvalue weighted by atomic mass is 16.5. The van der Waals surface area contributed by atoms with Crippen molar-refractivity contribution in [3.8, 4) is 0 Å². The maximum absolute atomic E-state index is 12.4. The van der Waals surface area contributed by atoms with Crippen molar-refractivity contribution in [1.29, 1.82) is 0 Å². The Hall–Kier alpha value is -2.41. The second kappa shape index (κ2) is 8.08. The Labute approximate surface area is 158 Å². The van der Waals surface area contributed by atoms with E-state index in [2.05, 4.69) is 0 Å². The van der Waals surface area contributed by atoms with Gasteiger partial charge in [0.25, 0.3) is 0 Å². The van der Waals surface area contributed by atoms with Gasteiger partial charge in [0.15, 0.2) is 0 Å². The summed E-state index contributed by atoms with van der Waals surface area (Å²) in [6.07, 6.45) is 1.89. The number of ether oxygens (including phenoxy) is 1. The van der Waals surface area contributed by atoms with E-state index in [0.29, 0.717) is 45.5 Å². The molecule has 2 aliphatic heterocycles. The third kappa shape index (κ3) is 4.47. The molecule has 0 aliphatic carbocycles. The molecule has 2 amide bonds. The van der Waals surface area contributed by atoms with Crippen molar-refractivity contribution >= 4 is 17.8 Å². The number of carboxylic acids is 1. The Bertz CT molecular complexity index is 674. The van der Waals surface area contributed by atoms with Crippen molar-refractivity contribution in [2.24, 2.45) is 5.41 Å². The minimum atomic E-state index is -0.949. The van der Waals surface area contributed by atoms with Gasteiger partial charge in [-0.3, -0.25) is 9.59 Å². The lowest BCUT2D eigenvalue weighted by Gasteiger charge is -2.39. The highest BCUT2D eigenvalue weighted by molar-refractivity contribution is 5.83. The number of amides is 2. The largest absolute Gasteiger partial charge is 0.480 e. The van der Waals surface area contributed by atoms with Gasteiger partial charge in [0.1, 0.15) is 12.6 Å². The van der Waals surface area contributed by atoms with Gasteiger partial charge >= 0.3 is 5.97 Å². The van der Waals surface area contributed by atoms with Gasteiger partial charge in [-0.05, 0) is 30.2 Å². The van der Waals surface area contributed by atoms with E-state index in [-0.39, 0.29) is 23.8 Å². The fraction of sp³-hybridized carbons (Fsp3) is 0.550. The minimum Gasteiger partial charge on any atom is -0.480 e. The summed E-state index contributed by atoms with van der Waals surface area (Å²) in [6.45, 7) is 3.47. The summed E-state index contributed by atoms with van der Waals surface area (Å²) in [5, 5.41) is 9.40. The van der Waals surface area contributed by atoms with Gasteiger partial charge in [0.05, 0.1) is 6.61 Å². The van der Waals surface area contributed by atoms with Gasteiger partial charge in [-0.25, -0.2) is 4.79 Å². The maximum atomic E-state index is 12.4. The van der Waals surface area contributed by atoms with Crippen LogP contribution in [0.3, 0.4) is 0 Å². The fourth-order valence-corrected chi connectivity index (χ4v) is 4.12. The zero-order valence-electron chi connectivity index (χ0n) is 15.6. The SMILES string of the molecule is CC(=O)N1CC2(CCN(C(=O)COCc3ccccc3)CC2)C[C@H]1C(=O)O. The molecule has 7 heteroatoms. The van der Waals surface area contributed by atoms with Crippen LogP contribution in [0.15, 0.2) is 30.3 Å². The zero-order chi connectivity index (χ0) is 19.4. The second-order valence-corrected chi connectivity index (χ2v) is 7.56. The monoisotopic (exact) mass is 374 g/mol. The van der Waals surface area contributed by atoms with Gasteiger partial charge < -0.3 is 19.6 Å².